The highest BCUT2D eigenvalue weighted by Crippen LogP contribution is 2.24. The summed E-state index contributed by atoms with van der Waals surface area (Å²) >= 11 is 0. The van der Waals surface area contributed by atoms with Crippen LogP contribution in [0.4, 0.5) is 0 Å². The number of ether oxygens (including phenoxy) is 1. The molecule has 0 fully saturated rings. The molecule has 2 aromatic heterocycles. The maximum atomic E-state index is 11.4. The van der Waals surface area contributed by atoms with Gasteiger partial charge >= 0.3 is 5.63 Å². The summed E-state index contributed by atoms with van der Waals surface area (Å²) in [5, 5.41) is 0.909. The number of nitrogens with zero attached hydrogens (tertiary/aromatic N) is 2. The van der Waals surface area contributed by atoms with Crippen LogP contribution in [0.25, 0.3) is 11.0 Å². The average molecular weight is 270 g/mol. The summed E-state index contributed by atoms with van der Waals surface area (Å²) in [5.74, 6) is 0.646. The third-order valence-electron chi connectivity index (χ3n) is 3.17. The van der Waals surface area contributed by atoms with Gasteiger partial charge in [0, 0.05) is 29.9 Å². The smallest absolute Gasteiger partial charge is 0.336 e. The molecule has 5 nitrogen and oxygen atoms in total. The summed E-state index contributed by atoms with van der Waals surface area (Å²) in [6, 6.07) is 6.97. The van der Waals surface area contributed by atoms with Crippen molar-refractivity contribution in [1.29, 1.82) is 0 Å². The van der Waals surface area contributed by atoms with Crippen molar-refractivity contribution in [3.63, 3.8) is 0 Å². The minimum absolute atomic E-state index is 0.188. The molecule has 20 heavy (non-hydrogen) atoms. The number of hydrogen-bond acceptors (Lipinski definition) is 4. The number of aromatic nitrogens is 2. The summed E-state index contributed by atoms with van der Waals surface area (Å²) in [6.45, 7) is 3.80. The molecule has 1 aromatic carbocycles. The van der Waals surface area contributed by atoms with Crippen LogP contribution in [0.5, 0.6) is 5.75 Å². The highest BCUT2D eigenvalue weighted by Gasteiger charge is 2.08. The summed E-state index contributed by atoms with van der Waals surface area (Å²) in [5.41, 5.74) is 1.07. The molecule has 0 bridgehead atoms. The Morgan fingerprint density at radius 1 is 1.35 bits per heavy atom. The Balaban J connectivity index is 1.95. The molecule has 0 saturated carbocycles. The second-order valence-electron chi connectivity index (χ2n) is 4.63. The number of imidazole rings is 1. The van der Waals surface area contributed by atoms with Crippen LogP contribution in [-0.4, -0.2) is 9.55 Å². The van der Waals surface area contributed by atoms with Gasteiger partial charge in [0.25, 0.3) is 0 Å². The van der Waals surface area contributed by atoms with Gasteiger partial charge in [0.2, 0.25) is 0 Å². The van der Waals surface area contributed by atoms with E-state index in [9.17, 15) is 4.79 Å². The Morgan fingerprint density at radius 3 is 2.95 bits per heavy atom. The summed E-state index contributed by atoms with van der Waals surface area (Å²) < 4.78 is 12.9. The quantitative estimate of drug-likeness (QED) is 0.687. The number of rotatable bonds is 3. The van der Waals surface area contributed by atoms with Crippen molar-refractivity contribution in [1.82, 2.24) is 9.55 Å². The molecule has 0 radical (unpaired) electrons. The van der Waals surface area contributed by atoms with Crippen LogP contribution in [0.1, 0.15) is 18.7 Å². The van der Waals surface area contributed by atoms with E-state index in [1.54, 1.807) is 18.6 Å². The lowest BCUT2D eigenvalue weighted by Gasteiger charge is -2.15. The van der Waals surface area contributed by atoms with Crippen molar-refractivity contribution < 1.29 is 9.15 Å². The second-order valence-corrected chi connectivity index (χ2v) is 4.63. The average Bonchev–Trinajstić information content (AvgIpc) is 2.91. The van der Waals surface area contributed by atoms with E-state index in [1.165, 1.54) is 6.07 Å². The Kier molecular flexibility index (Phi) is 3.02. The number of benzene rings is 1. The molecule has 0 N–H and O–H groups in total. The molecule has 1 unspecified atom stereocenters. The molecule has 2 heterocycles. The van der Waals surface area contributed by atoms with Crippen molar-refractivity contribution in [2.75, 3.05) is 0 Å². The zero-order chi connectivity index (χ0) is 14.1. The predicted molar refractivity (Wildman–Crippen MR) is 74.8 cm³/mol. The molecule has 1 atom stereocenters. The summed E-state index contributed by atoms with van der Waals surface area (Å²) in [6.07, 6.45) is 5.03. The van der Waals surface area contributed by atoms with Crippen LogP contribution >= 0.6 is 0 Å². The Bertz CT molecular complexity index is 790. The normalized spacial score (nSPS) is 12.5. The van der Waals surface area contributed by atoms with Crippen LogP contribution < -0.4 is 10.4 Å². The largest absolute Gasteiger partial charge is 0.470 e. The van der Waals surface area contributed by atoms with Crippen molar-refractivity contribution in [2.45, 2.75) is 20.1 Å². The first kappa shape index (κ1) is 12.5. The van der Waals surface area contributed by atoms with Gasteiger partial charge in [0.1, 0.15) is 11.3 Å². The lowest BCUT2D eigenvalue weighted by atomic mass is 10.1. The van der Waals surface area contributed by atoms with Crippen molar-refractivity contribution >= 4 is 11.0 Å². The monoisotopic (exact) mass is 270 g/mol. The third kappa shape index (κ3) is 2.30. The minimum Gasteiger partial charge on any atom is -0.470 e. The van der Waals surface area contributed by atoms with E-state index in [1.807, 2.05) is 36.7 Å². The van der Waals surface area contributed by atoms with Crippen LogP contribution in [0.15, 0.2) is 52.2 Å². The Hall–Kier alpha value is -2.56. The van der Waals surface area contributed by atoms with E-state index in [4.69, 9.17) is 9.15 Å². The van der Waals surface area contributed by atoms with Gasteiger partial charge < -0.3 is 13.7 Å². The van der Waals surface area contributed by atoms with E-state index < -0.39 is 0 Å². The van der Waals surface area contributed by atoms with Crippen molar-refractivity contribution in [3.05, 3.63) is 59.0 Å². The maximum Gasteiger partial charge on any atom is 0.336 e. The summed E-state index contributed by atoms with van der Waals surface area (Å²) in [7, 11) is 0. The fourth-order valence-corrected chi connectivity index (χ4v) is 2.12. The highest BCUT2D eigenvalue weighted by molar-refractivity contribution is 5.81. The van der Waals surface area contributed by atoms with Gasteiger partial charge in [-0.05, 0) is 31.5 Å². The topological polar surface area (TPSA) is 57.3 Å². The Labute approximate surface area is 115 Å². The third-order valence-corrected chi connectivity index (χ3v) is 3.17. The van der Waals surface area contributed by atoms with E-state index in [0.717, 1.165) is 10.9 Å². The van der Waals surface area contributed by atoms with E-state index in [2.05, 4.69) is 4.98 Å². The molecular weight excluding hydrogens is 256 g/mol. The van der Waals surface area contributed by atoms with E-state index in [0.29, 0.717) is 11.3 Å². The molecule has 3 aromatic rings. The second kappa shape index (κ2) is 4.85. The van der Waals surface area contributed by atoms with Gasteiger partial charge in [-0.1, -0.05) is 0 Å². The number of hydrogen-bond donors (Lipinski definition) is 0. The van der Waals surface area contributed by atoms with Crippen LogP contribution in [0, 0.1) is 6.92 Å². The van der Waals surface area contributed by atoms with E-state index >= 15 is 0 Å². The first-order chi connectivity index (χ1) is 9.63. The molecule has 0 amide bonds. The van der Waals surface area contributed by atoms with Gasteiger partial charge in [0.15, 0.2) is 6.23 Å². The van der Waals surface area contributed by atoms with Crippen LogP contribution in [0.2, 0.25) is 0 Å². The highest BCUT2D eigenvalue weighted by atomic mass is 16.5. The first-order valence-electron chi connectivity index (χ1n) is 6.32. The zero-order valence-electron chi connectivity index (χ0n) is 11.2. The van der Waals surface area contributed by atoms with E-state index in [-0.39, 0.29) is 11.9 Å². The minimum atomic E-state index is -0.352. The van der Waals surface area contributed by atoms with Gasteiger partial charge in [0.05, 0.1) is 6.33 Å². The zero-order valence-corrected chi connectivity index (χ0v) is 11.2. The molecule has 0 aliphatic carbocycles. The lowest BCUT2D eigenvalue weighted by molar-refractivity contribution is 0.152. The fraction of sp³-hybridized carbons (Fsp3) is 0.200. The number of aryl methyl sites for hydroxylation is 1. The maximum absolute atomic E-state index is 11.4. The van der Waals surface area contributed by atoms with Gasteiger partial charge in [-0.15, -0.1) is 0 Å². The van der Waals surface area contributed by atoms with Gasteiger partial charge in [-0.3, -0.25) is 0 Å². The lowest BCUT2D eigenvalue weighted by Crippen LogP contribution is -2.10. The fourth-order valence-electron chi connectivity index (χ4n) is 2.12. The number of fused-ring (bicyclic) bond motifs is 1. The van der Waals surface area contributed by atoms with Crippen LogP contribution in [-0.2, 0) is 0 Å². The predicted octanol–water partition coefficient (Wildman–Crippen LogP) is 2.90. The summed E-state index contributed by atoms with van der Waals surface area (Å²) in [4.78, 5) is 15.4. The molecule has 102 valence electrons. The molecular formula is C15H14N2O3. The molecule has 5 heteroatoms. The van der Waals surface area contributed by atoms with Crippen molar-refractivity contribution in [2.24, 2.45) is 0 Å². The van der Waals surface area contributed by atoms with Gasteiger partial charge in [-0.2, -0.15) is 0 Å². The SMILES string of the molecule is Cc1cc(=O)oc2cc(OC(C)n3ccnc3)ccc12. The standard InChI is InChI=1S/C15H14N2O3/c1-10-7-15(18)20-14-8-12(3-4-13(10)14)19-11(2)17-6-5-16-9-17/h3-9,11H,1-2H3. The Morgan fingerprint density at radius 2 is 2.20 bits per heavy atom. The molecule has 0 spiro atoms. The van der Waals surface area contributed by atoms with Crippen LogP contribution in [0.3, 0.4) is 0 Å². The molecule has 0 aliphatic heterocycles. The van der Waals surface area contributed by atoms with Crippen molar-refractivity contribution in [3.8, 4) is 5.75 Å². The van der Waals surface area contributed by atoms with Gasteiger partial charge in [-0.25, -0.2) is 9.78 Å². The molecule has 3 rings (SSSR count). The molecule has 0 aliphatic rings. The molecule has 0 saturated heterocycles. The first-order valence-corrected chi connectivity index (χ1v) is 6.32.